The molecule has 0 spiro atoms. The molecule has 0 aromatic rings. The van der Waals surface area contributed by atoms with Crippen LogP contribution in [0.5, 0.6) is 0 Å². The largest absolute Gasteiger partial charge is 0.481 e. The van der Waals surface area contributed by atoms with Gasteiger partial charge in [-0.05, 0) is 18.3 Å². The third-order valence-electron chi connectivity index (χ3n) is 2.97. The molecule has 0 aromatic heterocycles. The van der Waals surface area contributed by atoms with E-state index in [-0.39, 0.29) is 23.0 Å². The zero-order chi connectivity index (χ0) is 12.5. The summed E-state index contributed by atoms with van der Waals surface area (Å²) in [6.07, 6.45) is 1.48. The van der Waals surface area contributed by atoms with Gasteiger partial charge in [0.05, 0.1) is 12.5 Å². The molecule has 1 saturated carbocycles. The van der Waals surface area contributed by atoms with Gasteiger partial charge in [0.15, 0.2) is 0 Å². The van der Waals surface area contributed by atoms with Gasteiger partial charge in [-0.3, -0.25) is 4.79 Å². The van der Waals surface area contributed by atoms with Crippen LogP contribution >= 0.6 is 11.6 Å². The van der Waals surface area contributed by atoms with Crippen LogP contribution in [0.3, 0.4) is 0 Å². The number of carbonyl (C=O) groups is 2. The smallest absolute Gasteiger partial charge is 0.349 e. The number of ether oxygens (including phenoxy) is 1. The Bertz CT molecular complexity index is 346. The third kappa shape index (κ3) is 2.38. The minimum Gasteiger partial charge on any atom is -0.481 e. The first-order valence-electron chi connectivity index (χ1n) is 5.09. The predicted molar refractivity (Wildman–Crippen MR) is 59.0 cm³/mol. The van der Waals surface area contributed by atoms with Crippen molar-refractivity contribution >= 4 is 23.5 Å². The molecule has 0 radical (unpaired) electrons. The van der Waals surface area contributed by atoms with Crippen LogP contribution < -0.4 is 0 Å². The summed E-state index contributed by atoms with van der Waals surface area (Å²) in [5.74, 6) is -2.15. The Labute approximate surface area is 99.2 Å². The molecule has 0 aromatic carbocycles. The van der Waals surface area contributed by atoms with Crippen molar-refractivity contribution in [3.05, 3.63) is 11.1 Å². The van der Waals surface area contributed by atoms with Crippen molar-refractivity contribution < 1.29 is 19.4 Å². The van der Waals surface area contributed by atoms with E-state index in [2.05, 4.69) is 0 Å². The molecule has 4 nitrogen and oxygen atoms in total. The Morgan fingerprint density at radius 1 is 1.50 bits per heavy atom. The van der Waals surface area contributed by atoms with Crippen molar-refractivity contribution in [2.75, 3.05) is 6.61 Å². The third-order valence-corrected chi connectivity index (χ3v) is 3.25. The van der Waals surface area contributed by atoms with Gasteiger partial charge in [-0.2, -0.15) is 0 Å². The number of hydrogen-bond acceptors (Lipinski definition) is 3. The quantitative estimate of drug-likeness (QED) is 0.609. The van der Waals surface area contributed by atoms with Gasteiger partial charge < -0.3 is 9.84 Å². The lowest BCUT2D eigenvalue weighted by Crippen LogP contribution is -2.04. The number of aliphatic carboxylic acids is 1. The second kappa shape index (κ2) is 4.45. The summed E-state index contributed by atoms with van der Waals surface area (Å²) in [6.45, 7) is 5.60. The minimum atomic E-state index is -0.862. The Morgan fingerprint density at radius 3 is 2.44 bits per heavy atom. The summed E-state index contributed by atoms with van der Waals surface area (Å²) in [6, 6.07) is 0. The van der Waals surface area contributed by atoms with Gasteiger partial charge in [-0.1, -0.05) is 31.5 Å². The molecule has 1 rings (SSSR count). The van der Waals surface area contributed by atoms with E-state index in [4.69, 9.17) is 21.4 Å². The molecule has 5 heteroatoms. The summed E-state index contributed by atoms with van der Waals surface area (Å²) in [7, 11) is 0. The van der Waals surface area contributed by atoms with Crippen molar-refractivity contribution in [3.8, 4) is 0 Å². The fraction of sp³-hybridized carbons (Fsp3) is 0.636. The number of rotatable bonds is 4. The highest BCUT2D eigenvalue weighted by Gasteiger charge is 2.61. The van der Waals surface area contributed by atoms with Crippen molar-refractivity contribution in [3.63, 3.8) is 0 Å². The normalized spacial score (nSPS) is 27.4. The van der Waals surface area contributed by atoms with Crippen LogP contribution in [0.1, 0.15) is 20.8 Å². The van der Waals surface area contributed by atoms with E-state index in [9.17, 15) is 9.59 Å². The molecule has 16 heavy (non-hydrogen) atoms. The van der Waals surface area contributed by atoms with E-state index < -0.39 is 17.9 Å². The van der Waals surface area contributed by atoms with Crippen molar-refractivity contribution in [2.24, 2.45) is 17.3 Å². The monoisotopic (exact) mass is 246 g/mol. The summed E-state index contributed by atoms with van der Waals surface area (Å²) < 4.78 is 4.71. The van der Waals surface area contributed by atoms with Crippen LogP contribution in [0, 0.1) is 17.3 Å². The van der Waals surface area contributed by atoms with Gasteiger partial charge in [0.1, 0.15) is 5.03 Å². The molecule has 1 aliphatic rings. The zero-order valence-electron chi connectivity index (χ0n) is 9.49. The number of carboxylic acids is 1. The van der Waals surface area contributed by atoms with Crippen LogP contribution in [0.4, 0.5) is 0 Å². The second-order valence-corrected chi connectivity index (χ2v) is 4.81. The average molecular weight is 247 g/mol. The number of esters is 1. The van der Waals surface area contributed by atoms with E-state index in [1.54, 1.807) is 6.92 Å². The van der Waals surface area contributed by atoms with Gasteiger partial charge in [-0.25, -0.2) is 4.79 Å². The molecule has 0 heterocycles. The maximum atomic E-state index is 11.2. The first-order valence-corrected chi connectivity index (χ1v) is 5.47. The van der Waals surface area contributed by atoms with Crippen molar-refractivity contribution in [1.82, 2.24) is 0 Å². The number of allylic oxidation sites excluding steroid dienone is 1. The summed E-state index contributed by atoms with van der Waals surface area (Å²) >= 11 is 5.74. The highest BCUT2D eigenvalue weighted by atomic mass is 35.5. The predicted octanol–water partition coefficient (Wildman–Crippen LogP) is 2.03. The first kappa shape index (κ1) is 13.0. The second-order valence-electron chi connectivity index (χ2n) is 4.40. The number of halogens is 1. The number of carbonyl (C=O) groups excluding carboxylic acids is 1. The van der Waals surface area contributed by atoms with Crippen LogP contribution in [0.15, 0.2) is 11.1 Å². The Hall–Kier alpha value is -1.03. The van der Waals surface area contributed by atoms with E-state index in [0.29, 0.717) is 0 Å². The van der Waals surface area contributed by atoms with Gasteiger partial charge in [-0.15, -0.1) is 0 Å². The molecule has 2 atom stereocenters. The molecule has 0 saturated heterocycles. The maximum absolute atomic E-state index is 11.2. The Morgan fingerprint density at radius 2 is 2.06 bits per heavy atom. The van der Waals surface area contributed by atoms with Crippen molar-refractivity contribution in [1.29, 1.82) is 0 Å². The van der Waals surface area contributed by atoms with Crippen LogP contribution in [-0.4, -0.2) is 23.7 Å². The van der Waals surface area contributed by atoms with Crippen LogP contribution in [0.25, 0.3) is 0 Å². The first-order chi connectivity index (χ1) is 7.32. The van der Waals surface area contributed by atoms with Gasteiger partial charge in [0.25, 0.3) is 0 Å². The van der Waals surface area contributed by atoms with Gasteiger partial charge in [0, 0.05) is 0 Å². The van der Waals surface area contributed by atoms with E-state index in [1.165, 1.54) is 6.08 Å². The zero-order valence-corrected chi connectivity index (χ0v) is 10.2. The standard InChI is InChI=1S/C11H15ClO4/c1-4-16-10(15)7(12)5-6-8(9(13)14)11(6,2)3/h5-6,8H,4H2,1-3H3,(H,13,14)/b7-5+/t6-,8-/m0/s1. The van der Waals surface area contributed by atoms with E-state index >= 15 is 0 Å². The molecule has 1 aliphatic carbocycles. The van der Waals surface area contributed by atoms with Gasteiger partial charge >= 0.3 is 11.9 Å². The Balaban J connectivity index is 2.72. The molecule has 0 amide bonds. The maximum Gasteiger partial charge on any atom is 0.349 e. The topological polar surface area (TPSA) is 63.6 Å². The Kier molecular flexibility index (Phi) is 3.63. The van der Waals surface area contributed by atoms with Crippen LogP contribution in [0.2, 0.25) is 0 Å². The molecule has 0 unspecified atom stereocenters. The minimum absolute atomic E-state index is 0.0383. The number of carboxylic acid groups (broad SMARTS) is 1. The summed E-state index contributed by atoms with van der Waals surface area (Å²) in [5, 5.41) is 8.89. The average Bonchev–Trinajstić information content (AvgIpc) is 2.68. The molecular formula is C11H15ClO4. The summed E-state index contributed by atoms with van der Waals surface area (Å²) in [5.41, 5.74) is -0.349. The molecular weight excluding hydrogens is 232 g/mol. The molecule has 0 bridgehead atoms. The molecule has 0 aliphatic heterocycles. The lowest BCUT2D eigenvalue weighted by Gasteiger charge is -2.00. The van der Waals surface area contributed by atoms with Gasteiger partial charge in [0.2, 0.25) is 0 Å². The van der Waals surface area contributed by atoms with Crippen LogP contribution in [-0.2, 0) is 14.3 Å². The fourth-order valence-electron chi connectivity index (χ4n) is 1.89. The number of hydrogen-bond donors (Lipinski definition) is 1. The summed E-state index contributed by atoms with van der Waals surface area (Å²) in [4.78, 5) is 22.1. The SMILES string of the molecule is CCOC(=O)/C(Cl)=C\[C@H]1[C@@H](C(=O)O)C1(C)C. The van der Waals surface area contributed by atoms with E-state index in [0.717, 1.165) is 0 Å². The molecule has 1 fully saturated rings. The lowest BCUT2D eigenvalue weighted by molar-refractivity contribution is -0.140. The fourth-order valence-corrected chi connectivity index (χ4v) is 2.08. The molecule has 1 N–H and O–H groups in total. The van der Waals surface area contributed by atoms with Crippen molar-refractivity contribution in [2.45, 2.75) is 20.8 Å². The highest BCUT2D eigenvalue weighted by molar-refractivity contribution is 6.41. The lowest BCUT2D eigenvalue weighted by atomic mass is 10.1. The molecule has 90 valence electrons. The van der Waals surface area contributed by atoms with E-state index in [1.807, 2.05) is 13.8 Å². The highest BCUT2D eigenvalue weighted by Crippen LogP contribution is 2.59.